The number of nitrogens with zero attached hydrogens (tertiary/aromatic N) is 5. The van der Waals surface area contributed by atoms with Crippen molar-refractivity contribution in [2.45, 2.75) is 19.4 Å². The van der Waals surface area contributed by atoms with Crippen LogP contribution in [-0.2, 0) is 11.8 Å². The van der Waals surface area contributed by atoms with Crippen LogP contribution in [0.15, 0.2) is 42.9 Å². The minimum absolute atomic E-state index is 0.184. The molecule has 3 N–H and O–H groups in total. The third kappa shape index (κ3) is 4.07. The highest BCUT2D eigenvalue weighted by atomic mass is 16.5. The smallest absolute Gasteiger partial charge is 0.221 e. The number of anilines is 2. The minimum Gasteiger partial charge on any atom is -0.496 e. The Kier molecular flexibility index (Phi) is 5.55. The van der Waals surface area contributed by atoms with Gasteiger partial charge in [-0.2, -0.15) is 5.10 Å². The molecule has 1 fully saturated rings. The first kappa shape index (κ1) is 21.1. The number of aryl methyl sites for hydroxylation is 1. The monoisotopic (exact) mass is 445 g/mol. The number of nitrogens with two attached hydrogens (primary N) is 1. The molecule has 1 aromatic carbocycles. The Morgan fingerprint density at radius 3 is 2.85 bits per heavy atom. The van der Waals surface area contributed by atoms with E-state index in [1.165, 1.54) is 0 Å². The molecule has 1 saturated heterocycles. The molecular weight excluding hydrogens is 418 g/mol. The van der Waals surface area contributed by atoms with E-state index in [0.717, 1.165) is 41.7 Å². The highest BCUT2D eigenvalue weighted by molar-refractivity contribution is 5.99. The topological polar surface area (TPSA) is 113 Å². The molecule has 0 spiro atoms. The normalized spacial score (nSPS) is 16.8. The second-order valence-electron chi connectivity index (χ2n) is 8.36. The zero-order chi connectivity index (χ0) is 22.9. The Morgan fingerprint density at radius 2 is 2.12 bits per heavy atom. The lowest BCUT2D eigenvalue weighted by molar-refractivity contribution is 0.183. The van der Waals surface area contributed by atoms with Gasteiger partial charge in [0.1, 0.15) is 11.3 Å². The van der Waals surface area contributed by atoms with E-state index >= 15 is 0 Å². The minimum atomic E-state index is 0.184. The maximum absolute atomic E-state index is 6.15. The van der Waals surface area contributed by atoms with E-state index in [1.807, 2.05) is 43.7 Å². The van der Waals surface area contributed by atoms with Crippen molar-refractivity contribution in [3.8, 4) is 28.1 Å². The zero-order valence-corrected chi connectivity index (χ0v) is 18.9. The summed E-state index contributed by atoms with van der Waals surface area (Å²) in [6.45, 7) is 3.70. The van der Waals surface area contributed by atoms with Gasteiger partial charge in [0, 0.05) is 54.5 Å². The van der Waals surface area contributed by atoms with Gasteiger partial charge in [0.2, 0.25) is 5.95 Å². The molecule has 9 nitrogen and oxygen atoms in total. The molecule has 2 atom stereocenters. The van der Waals surface area contributed by atoms with E-state index in [1.54, 1.807) is 18.0 Å². The molecule has 0 amide bonds. The van der Waals surface area contributed by atoms with Gasteiger partial charge in [-0.3, -0.25) is 4.68 Å². The molecule has 0 radical (unpaired) electrons. The van der Waals surface area contributed by atoms with Gasteiger partial charge in [0.05, 0.1) is 25.6 Å². The Morgan fingerprint density at radius 1 is 1.24 bits per heavy atom. The molecule has 1 aliphatic rings. The molecule has 4 heterocycles. The van der Waals surface area contributed by atoms with Crippen molar-refractivity contribution in [3.63, 3.8) is 0 Å². The number of nitrogens with one attached hydrogen (secondary N) is 1. The van der Waals surface area contributed by atoms with Gasteiger partial charge >= 0.3 is 0 Å². The van der Waals surface area contributed by atoms with Crippen molar-refractivity contribution in [1.29, 1.82) is 0 Å². The summed E-state index contributed by atoms with van der Waals surface area (Å²) in [5.41, 5.74) is 10.4. The van der Waals surface area contributed by atoms with Crippen LogP contribution >= 0.6 is 0 Å². The van der Waals surface area contributed by atoms with Crippen LogP contribution in [-0.4, -0.2) is 51.1 Å². The standard InChI is InChI=1S/C24H27N7O2/c1-14(16-7-9-33-13-16)28-23-22-19(6-8-26-23)21(29-24(25)30-22)18-5-4-15(10-20(18)32-3)17-11-27-31(2)12-17/h4-6,8,10-12,14,16H,7,9,13H2,1-3H3,(H,26,28)(H2,25,29,30). The first-order chi connectivity index (χ1) is 16.0. The van der Waals surface area contributed by atoms with Gasteiger partial charge < -0.3 is 20.5 Å². The van der Waals surface area contributed by atoms with Crippen molar-refractivity contribution < 1.29 is 9.47 Å². The summed E-state index contributed by atoms with van der Waals surface area (Å²) in [7, 11) is 3.55. The van der Waals surface area contributed by atoms with Crippen LogP contribution in [0.2, 0.25) is 0 Å². The fraction of sp³-hybridized carbons (Fsp3) is 0.333. The SMILES string of the molecule is COc1cc(-c2cnn(C)c2)ccc1-c1nc(N)nc2c(NC(C)C3CCOC3)nccc12. The molecule has 3 aromatic heterocycles. The number of hydrogen-bond donors (Lipinski definition) is 2. The van der Waals surface area contributed by atoms with E-state index in [9.17, 15) is 0 Å². The summed E-state index contributed by atoms with van der Waals surface area (Å²) in [5, 5.41) is 8.63. The maximum atomic E-state index is 6.15. The largest absolute Gasteiger partial charge is 0.496 e. The lowest BCUT2D eigenvalue weighted by atomic mass is 10.00. The highest BCUT2D eigenvalue weighted by Gasteiger charge is 2.24. The molecule has 0 bridgehead atoms. The lowest BCUT2D eigenvalue weighted by Crippen LogP contribution is -2.26. The highest BCUT2D eigenvalue weighted by Crippen LogP contribution is 2.37. The molecule has 2 unspecified atom stereocenters. The molecule has 1 aliphatic heterocycles. The summed E-state index contributed by atoms with van der Waals surface area (Å²) >= 11 is 0. The Hall–Kier alpha value is -3.72. The van der Waals surface area contributed by atoms with Crippen molar-refractivity contribution >= 4 is 22.7 Å². The van der Waals surface area contributed by atoms with Gasteiger partial charge in [0.15, 0.2) is 5.82 Å². The van der Waals surface area contributed by atoms with Crippen molar-refractivity contribution in [2.75, 3.05) is 31.4 Å². The van der Waals surface area contributed by atoms with Gasteiger partial charge in [-0.15, -0.1) is 0 Å². The molecule has 5 rings (SSSR count). The van der Waals surface area contributed by atoms with E-state index in [0.29, 0.717) is 28.7 Å². The number of rotatable bonds is 6. The van der Waals surface area contributed by atoms with Crippen LogP contribution in [0, 0.1) is 5.92 Å². The van der Waals surface area contributed by atoms with Gasteiger partial charge in [0.25, 0.3) is 0 Å². The molecule has 9 heteroatoms. The van der Waals surface area contributed by atoms with Crippen LogP contribution in [0.4, 0.5) is 11.8 Å². The molecule has 0 aliphatic carbocycles. The van der Waals surface area contributed by atoms with Crippen LogP contribution in [0.25, 0.3) is 33.3 Å². The molecule has 33 heavy (non-hydrogen) atoms. The van der Waals surface area contributed by atoms with Gasteiger partial charge in [-0.25, -0.2) is 15.0 Å². The summed E-state index contributed by atoms with van der Waals surface area (Å²) in [6, 6.07) is 8.11. The van der Waals surface area contributed by atoms with Crippen LogP contribution in [0.1, 0.15) is 13.3 Å². The Balaban J connectivity index is 1.58. The number of nitrogen functional groups attached to an aromatic ring is 1. The van der Waals surface area contributed by atoms with Crippen LogP contribution in [0.5, 0.6) is 5.75 Å². The second-order valence-corrected chi connectivity index (χ2v) is 8.36. The van der Waals surface area contributed by atoms with Crippen LogP contribution < -0.4 is 15.8 Å². The summed E-state index contributed by atoms with van der Waals surface area (Å²) in [4.78, 5) is 13.7. The van der Waals surface area contributed by atoms with Crippen molar-refractivity contribution in [1.82, 2.24) is 24.7 Å². The lowest BCUT2D eigenvalue weighted by Gasteiger charge is -2.21. The average Bonchev–Trinajstić information content (AvgIpc) is 3.51. The fourth-order valence-corrected chi connectivity index (χ4v) is 4.30. The van der Waals surface area contributed by atoms with Gasteiger partial charge in [-0.1, -0.05) is 6.07 Å². The first-order valence-corrected chi connectivity index (χ1v) is 11.0. The predicted octanol–water partition coefficient (Wildman–Crippen LogP) is 3.52. The zero-order valence-electron chi connectivity index (χ0n) is 18.9. The second kappa shape index (κ2) is 8.67. The number of methoxy groups -OCH3 is 1. The molecular formula is C24H27N7O2. The molecule has 170 valence electrons. The Bertz CT molecular complexity index is 1300. The molecule has 4 aromatic rings. The third-order valence-electron chi connectivity index (χ3n) is 6.16. The fourth-order valence-electron chi connectivity index (χ4n) is 4.30. The van der Waals surface area contributed by atoms with E-state index in [-0.39, 0.29) is 12.0 Å². The Labute approximate surface area is 192 Å². The number of benzene rings is 1. The van der Waals surface area contributed by atoms with Crippen molar-refractivity contribution in [2.24, 2.45) is 13.0 Å². The number of fused-ring (bicyclic) bond motifs is 1. The number of aromatic nitrogens is 5. The van der Waals surface area contributed by atoms with Crippen molar-refractivity contribution in [3.05, 3.63) is 42.9 Å². The maximum Gasteiger partial charge on any atom is 0.221 e. The summed E-state index contributed by atoms with van der Waals surface area (Å²) < 4.78 is 13.1. The summed E-state index contributed by atoms with van der Waals surface area (Å²) in [5.74, 6) is 2.00. The number of pyridine rings is 1. The average molecular weight is 446 g/mol. The predicted molar refractivity (Wildman–Crippen MR) is 128 cm³/mol. The number of hydrogen-bond acceptors (Lipinski definition) is 8. The van der Waals surface area contributed by atoms with E-state index < -0.39 is 0 Å². The van der Waals surface area contributed by atoms with Gasteiger partial charge in [-0.05, 0) is 37.1 Å². The number of ether oxygens (including phenoxy) is 2. The van der Waals surface area contributed by atoms with E-state index in [2.05, 4.69) is 32.3 Å². The summed E-state index contributed by atoms with van der Waals surface area (Å²) in [6.07, 6.45) is 6.59. The van der Waals surface area contributed by atoms with E-state index in [4.69, 9.17) is 15.2 Å². The van der Waals surface area contributed by atoms with Crippen LogP contribution in [0.3, 0.4) is 0 Å². The quantitative estimate of drug-likeness (QED) is 0.463. The molecule has 0 saturated carbocycles. The third-order valence-corrected chi connectivity index (χ3v) is 6.16. The first-order valence-electron chi connectivity index (χ1n) is 11.0.